The molecule has 0 saturated carbocycles. The fourth-order valence-electron chi connectivity index (χ4n) is 1.29. The molecule has 1 aromatic carbocycles. The zero-order valence-electron chi connectivity index (χ0n) is 7.66. The molecule has 1 amide bonds. The van der Waals surface area contributed by atoms with Crippen LogP contribution in [0.1, 0.15) is 10.4 Å². The van der Waals surface area contributed by atoms with E-state index in [9.17, 15) is 4.79 Å². The molecule has 1 heterocycles. The molecular formula is C9H10N2O3. The maximum atomic E-state index is 11.5. The van der Waals surface area contributed by atoms with Crippen molar-refractivity contribution in [1.29, 1.82) is 0 Å². The second kappa shape index (κ2) is 3.55. The predicted molar refractivity (Wildman–Crippen MR) is 49.1 cm³/mol. The molecule has 74 valence electrons. The fourth-order valence-corrected chi connectivity index (χ4v) is 1.29. The van der Waals surface area contributed by atoms with Crippen molar-refractivity contribution in [3.8, 4) is 11.5 Å². The van der Waals surface area contributed by atoms with Gasteiger partial charge in [-0.3, -0.25) is 10.2 Å². The van der Waals surface area contributed by atoms with Gasteiger partial charge in [0.25, 0.3) is 5.91 Å². The van der Waals surface area contributed by atoms with Crippen LogP contribution in [0.4, 0.5) is 0 Å². The Balaban J connectivity index is 2.34. The Labute approximate surface area is 81.0 Å². The summed E-state index contributed by atoms with van der Waals surface area (Å²) in [5.41, 5.74) is 5.50. The van der Waals surface area contributed by atoms with Crippen LogP contribution in [-0.4, -0.2) is 19.7 Å². The van der Waals surface area contributed by atoms with Gasteiger partial charge in [0.15, 0.2) is 11.5 Å². The summed E-state index contributed by atoms with van der Waals surface area (Å²) in [5, 5.41) is 0. The standard InChI is InChI=1S/C9H10N2O3/c1-10-11-9(12)6-3-2-4-7-8(6)14-5-13-7/h2-4,10H,5H2,1H3,(H,11,12). The van der Waals surface area contributed by atoms with Gasteiger partial charge in [0.05, 0.1) is 5.56 Å². The van der Waals surface area contributed by atoms with E-state index in [0.717, 1.165) is 0 Å². The first kappa shape index (κ1) is 8.83. The number of carbonyl (C=O) groups is 1. The van der Waals surface area contributed by atoms with E-state index in [1.54, 1.807) is 25.2 Å². The largest absolute Gasteiger partial charge is 0.454 e. The zero-order valence-corrected chi connectivity index (χ0v) is 7.66. The highest BCUT2D eigenvalue weighted by Crippen LogP contribution is 2.34. The highest BCUT2D eigenvalue weighted by Gasteiger charge is 2.21. The molecule has 1 aromatic rings. The van der Waals surface area contributed by atoms with Gasteiger partial charge in [0, 0.05) is 7.05 Å². The Kier molecular flexibility index (Phi) is 2.24. The van der Waals surface area contributed by atoms with Crippen molar-refractivity contribution in [3.63, 3.8) is 0 Å². The molecule has 5 heteroatoms. The van der Waals surface area contributed by atoms with Crippen molar-refractivity contribution in [3.05, 3.63) is 23.8 Å². The van der Waals surface area contributed by atoms with E-state index < -0.39 is 0 Å². The van der Waals surface area contributed by atoms with Crippen LogP contribution < -0.4 is 20.3 Å². The van der Waals surface area contributed by atoms with Gasteiger partial charge in [-0.2, -0.15) is 0 Å². The minimum atomic E-state index is -0.241. The average Bonchev–Trinajstić information content (AvgIpc) is 2.65. The molecule has 0 aliphatic carbocycles. The van der Waals surface area contributed by atoms with Crippen LogP contribution in [0, 0.1) is 0 Å². The Morgan fingerprint density at radius 3 is 3.07 bits per heavy atom. The summed E-state index contributed by atoms with van der Waals surface area (Å²) < 4.78 is 10.3. The fraction of sp³-hybridized carbons (Fsp3) is 0.222. The van der Waals surface area contributed by atoms with Crippen molar-refractivity contribution in [2.24, 2.45) is 0 Å². The topological polar surface area (TPSA) is 59.6 Å². The lowest BCUT2D eigenvalue weighted by Crippen LogP contribution is -2.34. The summed E-state index contributed by atoms with van der Waals surface area (Å²) >= 11 is 0. The first-order valence-corrected chi connectivity index (χ1v) is 4.18. The number of nitrogens with one attached hydrogen (secondary N) is 2. The summed E-state index contributed by atoms with van der Waals surface area (Å²) in [5.74, 6) is 0.865. The van der Waals surface area contributed by atoms with E-state index in [2.05, 4.69) is 10.9 Å². The highest BCUT2D eigenvalue weighted by molar-refractivity contribution is 5.97. The number of hydrogen-bond donors (Lipinski definition) is 2. The number of para-hydroxylation sites is 1. The van der Waals surface area contributed by atoms with Crippen LogP contribution in [-0.2, 0) is 0 Å². The third-order valence-electron chi connectivity index (χ3n) is 1.88. The summed E-state index contributed by atoms with van der Waals surface area (Å²) in [4.78, 5) is 11.5. The van der Waals surface area contributed by atoms with Crippen molar-refractivity contribution >= 4 is 5.91 Å². The molecule has 1 aliphatic rings. The number of ether oxygens (including phenoxy) is 2. The van der Waals surface area contributed by atoms with Gasteiger partial charge in [-0.05, 0) is 12.1 Å². The van der Waals surface area contributed by atoms with E-state index in [1.807, 2.05) is 0 Å². The third-order valence-corrected chi connectivity index (χ3v) is 1.88. The van der Waals surface area contributed by atoms with E-state index >= 15 is 0 Å². The molecule has 0 saturated heterocycles. The lowest BCUT2D eigenvalue weighted by atomic mass is 10.2. The molecule has 0 radical (unpaired) electrons. The smallest absolute Gasteiger partial charge is 0.269 e. The predicted octanol–water partition coefficient (Wildman–Crippen LogP) is 0.279. The quantitative estimate of drug-likeness (QED) is 0.664. The average molecular weight is 194 g/mol. The summed E-state index contributed by atoms with van der Waals surface area (Å²) in [6.07, 6.45) is 0. The first-order chi connectivity index (χ1) is 6.83. The van der Waals surface area contributed by atoms with Gasteiger partial charge in [0.1, 0.15) is 0 Å². The Hall–Kier alpha value is -1.75. The number of benzene rings is 1. The summed E-state index contributed by atoms with van der Waals surface area (Å²) in [6.45, 7) is 0.166. The summed E-state index contributed by atoms with van der Waals surface area (Å²) in [7, 11) is 1.62. The number of fused-ring (bicyclic) bond motifs is 1. The van der Waals surface area contributed by atoms with Crippen LogP contribution >= 0.6 is 0 Å². The van der Waals surface area contributed by atoms with Crippen molar-refractivity contribution in [2.75, 3.05) is 13.8 Å². The van der Waals surface area contributed by atoms with Crippen LogP contribution in [0.2, 0.25) is 0 Å². The molecule has 1 aliphatic heterocycles. The lowest BCUT2D eigenvalue weighted by Gasteiger charge is -2.05. The maximum Gasteiger partial charge on any atom is 0.269 e. The molecule has 0 atom stereocenters. The molecule has 14 heavy (non-hydrogen) atoms. The van der Waals surface area contributed by atoms with Crippen LogP contribution in [0.3, 0.4) is 0 Å². The molecule has 0 bridgehead atoms. The van der Waals surface area contributed by atoms with Crippen LogP contribution in [0.25, 0.3) is 0 Å². The Morgan fingerprint density at radius 2 is 2.29 bits per heavy atom. The second-order valence-electron chi connectivity index (χ2n) is 2.74. The minimum absolute atomic E-state index is 0.166. The molecular weight excluding hydrogens is 184 g/mol. The van der Waals surface area contributed by atoms with Gasteiger partial charge in [0.2, 0.25) is 6.79 Å². The van der Waals surface area contributed by atoms with Crippen molar-refractivity contribution in [1.82, 2.24) is 10.9 Å². The van der Waals surface area contributed by atoms with E-state index in [4.69, 9.17) is 9.47 Å². The van der Waals surface area contributed by atoms with Crippen molar-refractivity contribution < 1.29 is 14.3 Å². The maximum absolute atomic E-state index is 11.5. The van der Waals surface area contributed by atoms with E-state index in [1.165, 1.54) is 0 Å². The lowest BCUT2D eigenvalue weighted by molar-refractivity contribution is 0.0933. The molecule has 0 fully saturated rings. The Bertz CT molecular complexity index is 365. The number of hydrogen-bond acceptors (Lipinski definition) is 4. The van der Waals surface area contributed by atoms with Gasteiger partial charge >= 0.3 is 0 Å². The van der Waals surface area contributed by atoms with E-state index in [-0.39, 0.29) is 12.7 Å². The minimum Gasteiger partial charge on any atom is -0.454 e. The normalized spacial score (nSPS) is 12.6. The third kappa shape index (κ3) is 1.38. The zero-order chi connectivity index (χ0) is 9.97. The molecule has 2 rings (SSSR count). The van der Waals surface area contributed by atoms with Gasteiger partial charge < -0.3 is 9.47 Å². The van der Waals surface area contributed by atoms with Gasteiger partial charge in [-0.1, -0.05) is 6.07 Å². The van der Waals surface area contributed by atoms with Crippen molar-refractivity contribution in [2.45, 2.75) is 0 Å². The first-order valence-electron chi connectivity index (χ1n) is 4.18. The number of amides is 1. The van der Waals surface area contributed by atoms with Crippen LogP contribution in [0.5, 0.6) is 11.5 Å². The molecule has 2 N–H and O–H groups in total. The van der Waals surface area contributed by atoms with E-state index in [0.29, 0.717) is 17.1 Å². The molecule has 0 aromatic heterocycles. The number of carbonyl (C=O) groups excluding carboxylic acids is 1. The second-order valence-corrected chi connectivity index (χ2v) is 2.74. The molecule has 5 nitrogen and oxygen atoms in total. The van der Waals surface area contributed by atoms with Crippen LogP contribution in [0.15, 0.2) is 18.2 Å². The summed E-state index contributed by atoms with van der Waals surface area (Å²) in [6, 6.07) is 5.19. The molecule has 0 spiro atoms. The SMILES string of the molecule is CNNC(=O)c1cccc2c1OCO2. The van der Waals surface area contributed by atoms with Gasteiger partial charge in [-0.15, -0.1) is 0 Å². The number of hydrazine groups is 1. The number of rotatable bonds is 2. The van der Waals surface area contributed by atoms with Gasteiger partial charge in [-0.25, -0.2) is 5.43 Å². The monoisotopic (exact) mass is 194 g/mol. The highest BCUT2D eigenvalue weighted by atomic mass is 16.7. The Morgan fingerprint density at radius 1 is 1.43 bits per heavy atom. The molecule has 0 unspecified atom stereocenters.